The van der Waals surface area contributed by atoms with Crippen LogP contribution in [-0.4, -0.2) is 3.23 Å². The number of benzene rings is 3. The van der Waals surface area contributed by atoms with Crippen molar-refractivity contribution < 1.29 is 0 Å². The summed E-state index contributed by atoms with van der Waals surface area (Å²) in [5, 5.41) is 0. The number of rotatable bonds is 7. The summed E-state index contributed by atoms with van der Waals surface area (Å²) in [5.41, 5.74) is 3.62. The van der Waals surface area contributed by atoms with E-state index in [1.165, 1.54) is 11.1 Å². The molecular formula is C23H19Br5. The topological polar surface area (TPSA) is 0 Å². The molecule has 1 unspecified atom stereocenters. The van der Waals surface area contributed by atoms with Gasteiger partial charge >= 0.3 is 0 Å². The van der Waals surface area contributed by atoms with Gasteiger partial charge in [-0.1, -0.05) is 171 Å². The minimum absolute atomic E-state index is 0.417. The molecule has 0 saturated carbocycles. The molecule has 0 radical (unpaired) electrons. The van der Waals surface area contributed by atoms with Crippen molar-refractivity contribution in [2.45, 2.75) is 23.6 Å². The molecule has 3 aromatic carbocycles. The van der Waals surface area contributed by atoms with Crippen LogP contribution in [0.25, 0.3) is 0 Å². The predicted octanol–water partition coefficient (Wildman–Crippen LogP) is 9.04. The SMILES string of the molecule is BrC(Br)(c1ccccc1)C(Br)(Br)C(Br)(CCc1ccccc1)c1ccccc1. The third-order valence-corrected chi connectivity index (χ3v) is 14.2. The fourth-order valence-corrected chi connectivity index (χ4v) is 7.03. The quantitative estimate of drug-likeness (QED) is 0.217. The summed E-state index contributed by atoms with van der Waals surface area (Å²) in [6.45, 7) is 0. The summed E-state index contributed by atoms with van der Waals surface area (Å²) in [6.07, 6.45) is 1.81. The summed E-state index contributed by atoms with van der Waals surface area (Å²) in [5.74, 6) is 0. The van der Waals surface area contributed by atoms with Crippen LogP contribution in [0.4, 0.5) is 0 Å². The molecule has 3 aromatic rings. The standard InChI is InChI=1S/C23H19Br5/c24-21(19-12-6-2-7-13-19,17-16-18-10-4-1-5-11-18)23(27,28)22(25,26)20-14-8-3-9-15-20/h1-15H,16-17H2. The predicted molar refractivity (Wildman–Crippen MR) is 138 cm³/mol. The minimum atomic E-state index is -0.586. The second kappa shape index (κ2) is 9.47. The zero-order valence-corrected chi connectivity index (χ0v) is 22.9. The smallest absolute Gasteiger partial charge is 0.0775 e. The highest BCUT2D eigenvalue weighted by atomic mass is 79.9. The Balaban J connectivity index is 2.05. The average molecular weight is 695 g/mol. The lowest BCUT2D eigenvalue weighted by atomic mass is 9.86. The number of hydrogen-bond acceptors (Lipinski definition) is 0. The second-order valence-electron chi connectivity index (χ2n) is 6.67. The number of alkyl halides is 5. The molecule has 0 aromatic heterocycles. The molecule has 3 rings (SSSR count). The second-order valence-corrected chi connectivity index (χ2v) is 14.9. The van der Waals surface area contributed by atoms with Gasteiger partial charge in [0.2, 0.25) is 0 Å². The number of aryl methyl sites for hydroxylation is 1. The first-order valence-electron chi connectivity index (χ1n) is 8.88. The van der Waals surface area contributed by atoms with Gasteiger partial charge in [-0.25, -0.2) is 0 Å². The van der Waals surface area contributed by atoms with Gasteiger partial charge in [0.25, 0.3) is 0 Å². The Morgan fingerprint density at radius 2 is 0.964 bits per heavy atom. The average Bonchev–Trinajstić information content (AvgIpc) is 2.73. The molecule has 146 valence electrons. The van der Waals surface area contributed by atoms with Gasteiger partial charge in [0, 0.05) is 0 Å². The highest BCUT2D eigenvalue weighted by Gasteiger charge is 2.59. The molecule has 0 heterocycles. The Hall–Kier alpha value is 0.0600. The van der Waals surface area contributed by atoms with Crippen molar-refractivity contribution in [2.24, 2.45) is 0 Å². The van der Waals surface area contributed by atoms with Crippen molar-refractivity contribution in [3.8, 4) is 0 Å². The number of hydrogen-bond donors (Lipinski definition) is 0. The van der Waals surface area contributed by atoms with E-state index in [-0.39, 0.29) is 0 Å². The zero-order chi connectivity index (χ0) is 20.3. The van der Waals surface area contributed by atoms with Crippen LogP contribution in [0, 0.1) is 0 Å². The Bertz CT molecular complexity index is 879. The largest absolute Gasteiger partial charge is 0.132 e. The minimum Gasteiger partial charge on any atom is -0.0775 e. The van der Waals surface area contributed by atoms with E-state index in [4.69, 9.17) is 0 Å². The van der Waals surface area contributed by atoms with Crippen LogP contribution in [0.15, 0.2) is 91.0 Å². The third kappa shape index (κ3) is 4.54. The Kier molecular flexibility index (Phi) is 7.69. The van der Waals surface area contributed by atoms with Gasteiger partial charge in [-0.2, -0.15) is 0 Å². The van der Waals surface area contributed by atoms with Gasteiger partial charge in [-0.05, 0) is 29.5 Å². The molecule has 0 spiro atoms. The molecule has 0 fully saturated rings. The molecule has 0 bridgehead atoms. The van der Waals surface area contributed by atoms with Crippen molar-refractivity contribution in [1.29, 1.82) is 0 Å². The lowest BCUT2D eigenvalue weighted by Crippen LogP contribution is -2.48. The summed E-state index contributed by atoms with van der Waals surface area (Å²) in [6, 6.07) is 31.5. The monoisotopic (exact) mass is 690 g/mol. The van der Waals surface area contributed by atoms with E-state index in [2.05, 4.69) is 146 Å². The molecule has 0 aliphatic heterocycles. The van der Waals surface area contributed by atoms with Crippen LogP contribution in [-0.2, 0) is 14.0 Å². The van der Waals surface area contributed by atoms with Crippen LogP contribution in [0.3, 0.4) is 0 Å². The van der Waals surface area contributed by atoms with E-state index in [9.17, 15) is 0 Å². The fourth-order valence-electron chi connectivity index (χ4n) is 3.22. The van der Waals surface area contributed by atoms with Crippen LogP contribution in [0.5, 0.6) is 0 Å². The van der Waals surface area contributed by atoms with Crippen molar-refractivity contribution in [3.63, 3.8) is 0 Å². The van der Waals surface area contributed by atoms with Gasteiger partial charge in [-0.15, -0.1) is 0 Å². The summed E-state index contributed by atoms with van der Waals surface area (Å²) < 4.78 is -1.57. The highest BCUT2D eigenvalue weighted by molar-refractivity contribution is 9.30. The maximum Gasteiger partial charge on any atom is 0.132 e. The molecular weight excluding hydrogens is 676 g/mol. The first-order chi connectivity index (χ1) is 13.3. The first kappa shape index (κ1) is 22.7. The Morgan fingerprint density at radius 1 is 0.536 bits per heavy atom. The van der Waals surface area contributed by atoms with E-state index in [1.54, 1.807) is 0 Å². The summed E-state index contributed by atoms with van der Waals surface area (Å²) in [4.78, 5) is 0. The Morgan fingerprint density at radius 3 is 1.46 bits per heavy atom. The molecule has 0 aliphatic rings. The normalized spacial score (nSPS) is 14.5. The van der Waals surface area contributed by atoms with E-state index in [0.717, 1.165) is 18.4 Å². The van der Waals surface area contributed by atoms with Gasteiger partial charge in [0.15, 0.2) is 0 Å². The summed E-state index contributed by atoms with van der Waals surface area (Å²) >= 11 is 20.2. The van der Waals surface area contributed by atoms with Gasteiger partial charge in [0.05, 0.1) is 4.32 Å². The molecule has 0 saturated heterocycles. The first-order valence-corrected chi connectivity index (χ1v) is 12.8. The van der Waals surface area contributed by atoms with Crippen molar-refractivity contribution in [2.75, 3.05) is 0 Å². The fraction of sp³-hybridized carbons (Fsp3) is 0.217. The third-order valence-electron chi connectivity index (χ3n) is 4.86. The van der Waals surface area contributed by atoms with Crippen LogP contribution in [0.1, 0.15) is 23.1 Å². The lowest BCUT2D eigenvalue weighted by molar-refractivity contribution is 0.520. The maximum absolute atomic E-state index is 4.15. The zero-order valence-electron chi connectivity index (χ0n) is 15.0. The maximum atomic E-state index is 4.15. The number of halogens is 5. The summed E-state index contributed by atoms with van der Waals surface area (Å²) in [7, 11) is 0. The van der Waals surface area contributed by atoms with Gasteiger partial charge in [-0.3, -0.25) is 0 Å². The van der Waals surface area contributed by atoms with E-state index in [0.29, 0.717) is 0 Å². The molecule has 0 aliphatic carbocycles. The van der Waals surface area contributed by atoms with Crippen molar-refractivity contribution in [3.05, 3.63) is 108 Å². The van der Waals surface area contributed by atoms with Crippen LogP contribution >= 0.6 is 79.6 Å². The molecule has 1 atom stereocenters. The van der Waals surface area contributed by atoms with E-state index < -0.39 is 10.8 Å². The van der Waals surface area contributed by atoms with Crippen LogP contribution < -0.4 is 0 Å². The molecule has 0 amide bonds. The molecule has 5 heteroatoms. The van der Waals surface area contributed by atoms with Crippen LogP contribution in [0.2, 0.25) is 0 Å². The lowest BCUT2D eigenvalue weighted by Gasteiger charge is -2.47. The van der Waals surface area contributed by atoms with Gasteiger partial charge in [0.1, 0.15) is 6.47 Å². The molecule has 0 N–H and O–H groups in total. The van der Waals surface area contributed by atoms with E-state index >= 15 is 0 Å². The van der Waals surface area contributed by atoms with Crippen molar-refractivity contribution >= 4 is 79.6 Å². The van der Waals surface area contributed by atoms with Gasteiger partial charge < -0.3 is 0 Å². The molecule has 0 nitrogen and oxygen atoms in total. The van der Waals surface area contributed by atoms with E-state index in [1.807, 2.05) is 24.3 Å². The molecule has 28 heavy (non-hydrogen) atoms. The van der Waals surface area contributed by atoms with Crippen molar-refractivity contribution in [1.82, 2.24) is 0 Å². The highest BCUT2D eigenvalue weighted by Crippen LogP contribution is 2.66. The Labute approximate surface area is 209 Å².